The van der Waals surface area contributed by atoms with Crippen molar-refractivity contribution in [3.05, 3.63) is 0 Å². The van der Waals surface area contributed by atoms with Crippen LogP contribution in [-0.2, 0) is 14.3 Å². The maximum absolute atomic E-state index is 11.2. The third kappa shape index (κ3) is 4.31. The Hall–Kier alpha value is -0.610. The minimum atomic E-state index is -0.399. The zero-order valence-corrected chi connectivity index (χ0v) is 8.09. The van der Waals surface area contributed by atoms with Crippen molar-refractivity contribution in [3.8, 4) is 0 Å². The van der Waals surface area contributed by atoms with E-state index in [4.69, 9.17) is 9.47 Å². The van der Waals surface area contributed by atoms with E-state index in [-0.39, 0.29) is 11.9 Å². The van der Waals surface area contributed by atoms with E-state index in [9.17, 15) is 4.79 Å². The van der Waals surface area contributed by atoms with Crippen LogP contribution in [0, 0.1) is 0 Å². The first-order valence-electron chi connectivity index (χ1n) is 3.94. The highest BCUT2D eigenvalue weighted by atomic mass is 16.5. The number of amides is 1. The molecule has 0 spiro atoms. The molecule has 1 amide bonds. The summed E-state index contributed by atoms with van der Waals surface area (Å²) in [6, 6.07) is 0.0279. The second kappa shape index (κ2) is 5.97. The Bertz CT molecular complexity index is 138. The first kappa shape index (κ1) is 11.4. The van der Waals surface area contributed by atoms with Crippen LogP contribution in [-0.4, -0.2) is 38.9 Å². The van der Waals surface area contributed by atoms with Gasteiger partial charge in [-0.2, -0.15) is 0 Å². The minimum Gasteiger partial charge on any atom is -0.383 e. The monoisotopic (exact) mass is 175 g/mol. The third-order valence-corrected chi connectivity index (χ3v) is 1.53. The molecule has 0 aromatic rings. The quantitative estimate of drug-likeness (QED) is 0.648. The predicted octanol–water partition coefficient (Wildman–Crippen LogP) is 0.172. The maximum atomic E-state index is 11.2. The van der Waals surface area contributed by atoms with Gasteiger partial charge >= 0.3 is 0 Å². The summed E-state index contributed by atoms with van der Waals surface area (Å²) >= 11 is 0. The van der Waals surface area contributed by atoms with Crippen molar-refractivity contribution in [1.82, 2.24) is 5.32 Å². The molecule has 0 aromatic carbocycles. The standard InChI is InChI=1S/C8H17NO3/c1-6(5-11-3)9-8(10)7(2)12-4/h6-7H,5H2,1-4H3,(H,9,10). The molecule has 0 saturated heterocycles. The van der Waals surface area contributed by atoms with Crippen LogP contribution in [0.25, 0.3) is 0 Å². The van der Waals surface area contributed by atoms with Crippen LogP contribution in [0.4, 0.5) is 0 Å². The Morgan fingerprint density at radius 1 is 1.42 bits per heavy atom. The molecule has 72 valence electrons. The van der Waals surface area contributed by atoms with E-state index in [1.807, 2.05) is 6.92 Å². The van der Waals surface area contributed by atoms with Gasteiger partial charge in [0, 0.05) is 20.3 Å². The molecule has 0 fully saturated rings. The Morgan fingerprint density at radius 2 is 2.00 bits per heavy atom. The molecule has 0 bridgehead atoms. The van der Waals surface area contributed by atoms with Crippen LogP contribution in [0.5, 0.6) is 0 Å². The summed E-state index contributed by atoms with van der Waals surface area (Å²) in [7, 11) is 3.10. The van der Waals surface area contributed by atoms with Crippen molar-refractivity contribution in [2.45, 2.75) is 26.0 Å². The van der Waals surface area contributed by atoms with Crippen molar-refractivity contribution >= 4 is 5.91 Å². The molecule has 2 unspecified atom stereocenters. The van der Waals surface area contributed by atoms with E-state index in [1.165, 1.54) is 7.11 Å². The van der Waals surface area contributed by atoms with Crippen molar-refractivity contribution in [3.63, 3.8) is 0 Å². The summed E-state index contributed by atoms with van der Waals surface area (Å²) in [5, 5.41) is 2.74. The Kier molecular flexibility index (Phi) is 5.66. The number of ether oxygens (including phenoxy) is 2. The van der Waals surface area contributed by atoms with Crippen LogP contribution in [0.3, 0.4) is 0 Å². The third-order valence-electron chi connectivity index (χ3n) is 1.53. The van der Waals surface area contributed by atoms with Crippen LogP contribution in [0.1, 0.15) is 13.8 Å². The zero-order valence-electron chi connectivity index (χ0n) is 8.09. The van der Waals surface area contributed by atoms with Crippen LogP contribution >= 0.6 is 0 Å². The summed E-state index contributed by atoms with van der Waals surface area (Å²) in [6.45, 7) is 4.10. The summed E-state index contributed by atoms with van der Waals surface area (Å²) < 4.78 is 9.70. The average molecular weight is 175 g/mol. The summed E-state index contributed by atoms with van der Waals surface area (Å²) in [6.07, 6.45) is -0.399. The molecule has 4 nitrogen and oxygen atoms in total. The molecule has 1 N–H and O–H groups in total. The van der Waals surface area contributed by atoms with Gasteiger partial charge < -0.3 is 14.8 Å². The van der Waals surface area contributed by atoms with Crippen LogP contribution in [0.15, 0.2) is 0 Å². The van der Waals surface area contributed by atoms with Gasteiger partial charge in [-0.25, -0.2) is 0 Å². The number of methoxy groups -OCH3 is 2. The molecule has 0 aliphatic carbocycles. The van der Waals surface area contributed by atoms with Gasteiger partial charge in [0.2, 0.25) is 5.91 Å². The summed E-state index contributed by atoms with van der Waals surface area (Å²) in [5.74, 6) is -0.109. The molecule has 4 heteroatoms. The van der Waals surface area contributed by atoms with Crippen molar-refractivity contribution in [1.29, 1.82) is 0 Å². The largest absolute Gasteiger partial charge is 0.383 e. The highest BCUT2D eigenvalue weighted by Crippen LogP contribution is 1.89. The highest BCUT2D eigenvalue weighted by Gasteiger charge is 2.13. The molecule has 0 saturated carbocycles. The first-order chi connectivity index (χ1) is 5.61. The fourth-order valence-electron chi connectivity index (χ4n) is 0.759. The lowest BCUT2D eigenvalue weighted by Crippen LogP contribution is -2.41. The van der Waals surface area contributed by atoms with Gasteiger partial charge in [-0.3, -0.25) is 4.79 Å². The smallest absolute Gasteiger partial charge is 0.249 e. The van der Waals surface area contributed by atoms with Crippen molar-refractivity contribution in [2.75, 3.05) is 20.8 Å². The Balaban J connectivity index is 3.67. The molecular weight excluding hydrogens is 158 g/mol. The first-order valence-corrected chi connectivity index (χ1v) is 3.94. The summed E-state index contributed by atoms with van der Waals surface area (Å²) in [4.78, 5) is 11.2. The van der Waals surface area contributed by atoms with Crippen molar-refractivity contribution < 1.29 is 14.3 Å². The maximum Gasteiger partial charge on any atom is 0.249 e. The fraction of sp³-hybridized carbons (Fsp3) is 0.875. The number of hydrogen-bond acceptors (Lipinski definition) is 3. The topological polar surface area (TPSA) is 47.6 Å². The lowest BCUT2D eigenvalue weighted by Gasteiger charge is -2.15. The number of hydrogen-bond donors (Lipinski definition) is 1. The summed E-state index contributed by atoms with van der Waals surface area (Å²) in [5.41, 5.74) is 0. The average Bonchev–Trinajstić information content (AvgIpc) is 2.03. The number of carbonyl (C=O) groups excluding carboxylic acids is 1. The molecule has 0 aliphatic heterocycles. The Morgan fingerprint density at radius 3 is 2.42 bits per heavy atom. The number of carbonyl (C=O) groups is 1. The van der Waals surface area contributed by atoms with E-state index >= 15 is 0 Å². The molecule has 12 heavy (non-hydrogen) atoms. The predicted molar refractivity (Wildman–Crippen MR) is 46.0 cm³/mol. The molecule has 0 rings (SSSR count). The molecule has 0 aliphatic rings. The van der Waals surface area contributed by atoms with Gasteiger partial charge in [-0.15, -0.1) is 0 Å². The number of nitrogens with one attached hydrogen (secondary N) is 1. The van der Waals surface area contributed by atoms with E-state index < -0.39 is 6.10 Å². The molecule has 0 radical (unpaired) electrons. The second-order valence-corrected chi connectivity index (χ2v) is 2.74. The Labute approximate surface area is 73.2 Å². The van der Waals surface area contributed by atoms with E-state index in [0.29, 0.717) is 6.61 Å². The second-order valence-electron chi connectivity index (χ2n) is 2.74. The minimum absolute atomic E-state index is 0.0279. The van der Waals surface area contributed by atoms with E-state index in [2.05, 4.69) is 5.32 Å². The molecule has 2 atom stereocenters. The lowest BCUT2D eigenvalue weighted by molar-refractivity contribution is -0.131. The van der Waals surface area contributed by atoms with Crippen LogP contribution < -0.4 is 5.32 Å². The van der Waals surface area contributed by atoms with Gasteiger partial charge in [0.1, 0.15) is 6.10 Å². The molecular formula is C8H17NO3. The van der Waals surface area contributed by atoms with Crippen LogP contribution in [0.2, 0.25) is 0 Å². The molecule has 0 aromatic heterocycles. The molecule has 0 heterocycles. The van der Waals surface area contributed by atoms with Gasteiger partial charge in [0.25, 0.3) is 0 Å². The lowest BCUT2D eigenvalue weighted by atomic mass is 10.3. The normalized spacial score (nSPS) is 15.3. The SMILES string of the molecule is COCC(C)NC(=O)C(C)OC. The highest BCUT2D eigenvalue weighted by molar-refractivity contribution is 5.80. The van der Waals surface area contributed by atoms with Gasteiger partial charge in [-0.05, 0) is 13.8 Å². The van der Waals surface area contributed by atoms with E-state index in [1.54, 1.807) is 14.0 Å². The zero-order chi connectivity index (χ0) is 9.56. The van der Waals surface area contributed by atoms with Gasteiger partial charge in [0.15, 0.2) is 0 Å². The van der Waals surface area contributed by atoms with Gasteiger partial charge in [-0.1, -0.05) is 0 Å². The number of rotatable bonds is 5. The van der Waals surface area contributed by atoms with Gasteiger partial charge in [0.05, 0.1) is 6.61 Å². The van der Waals surface area contributed by atoms with Crippen molar-refractivity contribution in [2.24, 2.45) is 0 Å². The van der Waals surface area contributed by atoms with E-state index in [0.717, 1.165) is 0 Å². The fourth-order valence-corrected chi connectivity index (χ4v) is 0.759.